The van der Waals surface area contributed by atoms with Crippen LogP contribution >= 0.6 is 0 Å². The first kappa shape index (κ1) is 53.9. The molecule has 2 unspecified atom stereocenters. The van der Waals surface area contributed by atoms with E-state index < -0.39 is 39.5 Å². The first-order chi connectivity index (χ1) is 42.9. The minimum atomic E-state index is -1.33. The van der Waals surface area contributed by atoms with E-state index in [2.05, 4.69) is 123 Å². The Morgan fingerprint density at radius 2 is 0.716 bits per heavy atom. The molecule has 0 radical (unpaired) electrons. The van der Waals surface area contributed by atoms with Crippen molar-refractivity contribution in [3.63, 3.8) is 0 Å². The van der Waals surface area contributed by atoms with Crippen LogP contribution in [-0.4, -0.2) is 0 Å². The largest absolute Gasteiger partial charge is 0.457 e. The molecule has 0 aromatic heterocycles. The Morgan fingerprint density at radius 1 is 0.341 bits per heavy atom. The molecule has 0 N–H and O–H groups in total. The number of hydrogen-bond acceptors (Lipinski definition) is 3. The molecule has 88 heavy (non-hydrogen) atoms. The maximum absolute atomic E-state index is 17.5. The van der Waals surface area contributed by atoms with Crippen LogP contribution in [0.2, 0.25) is 0 Å². The van der Waals surface area contributed by atoms with Crippen molar-refractivity contribution in [2.75, 3.05) is 4.90 Å². The Kier molecular flexibility index (Phi) is 12.7. The lowest BCUT2D eigenvalue weighted by atomic mass is 9.67. The van der Waals surface area contributed by atoms with Crippen molar-refractivity contribution < 1.29 is 27.0 Å². The number of benzene rings is 12. The standard InChI is InChI=1S/C81H55F4NO2/c1-5-50-22-34-58(35-23-50)87-60-38-26-52(27-39-60)80(71-44-30-54(82)46-75(71)84)69-19-11-8-14-62(69)65-42-32-56(48-73(65)80)86(77-21-13-17-67-64-16-7-10-18-68(64)79(3,4)78(67)77)57-33-43-66-63-15-9-12-20-70(63)81(74(66)49-57,72-45-31-55(83)47-76(72)85)53-28-40-61(41-29-53)88-59-36-24-51(6-2)25-37-59/h5-49H,1-2H2,3-4H3. The zero-order valence-corrected chi connectivity index (χ0v) is 48.2. The van der Waals surface area contributed by atoms with E-state index in [1.807, 2.05) is 133 Å². The highest BCUT2D eigenvalue weighted by Crippen LogP contribution is 2.62. The highest BCUT2D eigenvalue weighted by atomic mass is 19.1. The van der Waals surface area contributed by atoms with E-state index in [-0.39, 0.29) is 11.1 Å². The van der Waals surface area contributed by atoms with Gasteiger partial charge in [-0.1, -0.05) is 197 Å². The summed E-state index contributed by atoms with van der Waals surface area (Å²) in [6, 6.07) is 82.4. The fraction of sp³-hybridized carbons (Fsp3) is 0.0617. The Balaban J connectivity index is 0.979. The number of anilines is 3. The van der Waals surface area contributed by atoms with Crippen LogP contribution in [0.3, 0.4) is 0 Å². The molecule has 12 aromatic carbocycles. The summed E-state index contributed by atoms with van der Waals surface area (Å²) in [5.74, 6) is -0.339. The summed E-state index contributed by atoms with van der Waals surface area (Å²) in [4.78, 5) is 2.28. The molecule has 3 aliphatic carbocycles. The topological polar surface area (TPSA) is 21.7 Å². The second-order valence-electron chi connectivity index (χ2n) is 23.3. The van der Waals surface area contributed by atoms with Crippen LogP contribution in [0.4, 0.5) is 34.6 Å². The number of nitrogens with zero attached hydrogens (tertiary/aromatic N) is 1. The second kappa shape index (κ2) is 20.7. The third-order valence-electron chi connectivity index (χ3n) is 18.3. The SMILES string of the molecule is C=Cc1ccc(Oc2ccc(C3(c4ccc(F)cc4F)c4ccccc4-c4ccc(N(c5ccc6c(c5)C(c5ccc(Oc7ccc(C=C)cc7)cc5)(c5ccc(F)cc5F)c5ccccc5-6)c5cccc6c5C(C)(C)c5ccccc5-6)cc43)cc2)cc1. The molecular weight excluding hydrogens is 1090 g/mol. The predicted molar refractivity (Wildman–Crippen MR) is 346 cm³/mol. The number of halogens is 4. The third kappa shape index (κ3) is 8.25. The van der Waals surface area contributed by atoms with Crippen LogP contribution in [0.25, 0.3) is 45.5 Å². The van der Waals surface area contributed by atoms with E-state index in [0.29, 0.717) is 23.0 Å². The van der Waals surface area contributed by atoms with Crippen molar-refractivity contribution >= 4 is 29.2 Å². The fourth-order valence-corrected chi connectivity index (χ4v) is 14.5. The smallest absolute Gasteiger partial charge is 0.130 e. The molecular formula is C81H55F4NO2. The summed E-state index contributed by atoms with van der Waals surface area (Å²) in [7, 11) is 0. The van der Waals surface area contributed by atoms with Gasteiger partial charge in [0.2, 0.25) is 0 Å². The Labute approximate surface area is 509 Å². The van der Waals surface area contributed by atoms with Crippen LogP contribution in [0.1, 0.15) is 80.6 Å². The normalized spacial score (nSPS) is 16.1. The molecule has 0 saturated carbocycles. The minimum absolute atomic E-state index is 0.276. The lowest BCUT2D eigenvalue weighted by Gasteiger charge is -2.37. The van der Waals surface area contributed by atoms with Crippen molar-refractivity contribution in [2.45, 2.75) is 30.1 Å². The average Bonchev–Trinajstić information content (AvgIpc) is 1.55. The lowest BCUT2D eigenvalue weighted by molar-refractivity contribution is 0.481. The molecule has 0 amide bonds. The maximum Gasteiger partial charge on any atom is 0.130 e. The van der Waals surface area contributed by atoms with Crippen molar-refractivity contribution in [2.24, 2.45) is 0 Å². The number of ether oxygens (including phenoxy) is 2. The van der Waals surface area contributed by atoms with Gasteiger partial charge in [-0.05, 0) is 180 Å². The van der Waals surface area contributed by atoms with Gasteiger partial charge in [0.25, 0.3) is 0 Å². The first-order valence-corrected chi connectivity index (χ1v) is 29.4. The van der Waals surface area contributed by atoms with Crippen molar-refractivity contribution in [1.82, 2.24) is 0 Å². The van der Waals surface area contributed by atoms with E-state index in [0.717, 1.165) is 113 Å². The second-order valence-corrected chi connectivity index (χ2v) is 23.3. The molecule has 0 fully saturated rings. The first-order valence-electron chi connectivity index (χ1n) is 29.4. The molecule has 0 saturated heterocycles. The molecule has 7 heteroatoms. The summed E-state index contributed by atoms with van der Waals surface area (Å²) in [5.41, 5.74) is 14.5. The molecule has 0 heterocycles. The van der Waals surface area contributed by atoms with Gasteiger partial charge in [0, 0.05) is 40.0 Å². The van der Waals surface area contributed by atoms with Crippen molar-refractivity contribution in [3.05, 3.63) is 364 Å². The number of hydrogen-bond donors (Lipinski definition) is 0. The predicted octanol–water partition coefficient (Wildman–Crippen LogP) is 21.6. The molecule has 0 aliphatic heterocycles. The quantitative estimate of drug-likeness (QED) is 0.107. The minimum Gasteiger partial charge on any atom is -0.457 e. The highest BCUT2D eigenvalue weighted by molar-refractivity contribution is 5.95. The van der Waals surface area contributed by atoms with E-state index in [9.17, 15) is 0 Å². The van der Waals surface area contributed by atoms with Gasteiger partial charge in [0.05, 0.1) is 16.5 Å². The van der Waals surface area contributed by atoms with Crippen LogP contribution < -0.4 is 14.4 Å². The highest BCUT2D eigenvalue weighted by Gasteiger charge is 2.50. The average molecular weight is 1150 g/mol. The summed E-state index contributed by atoms with van der Waals surface area (Å²) in [5, 5.41) is 0. The summed E-state index contributed by atoms with van der Waals surface area (Å²) in [6.07, 6.45) is 3.55. The zero-order valence-electron chi connectivity index (χ0n) is 48.2. The molecule has 15 rings (SSSR count). The van der Waals surface area contributed by atoms with E-state index >= 15 is 17.6 Å². The third-order valence-corrected chi connectivity index (χ3v) is 18.3. The van der Waals surface area contributed by atoms with Gasteiger partial charge >= 0.3 is 0 Å². The summed E-state index contributed by atoms with van der Waals surface area (Å²) >= 11 is 0. The van der Waals surface area contributed by atoms with Gasteiger partial charge in [-0.25, -0.2) is 17.6 Å². The van der Waals surface area contributed by atoms with Gasteiger partial charge in [-0.3, -0.25) is 0 Å². The van der Waals surface area contributed by atoms with Gasteiger partial charge in [-0.2, -0.15) is 0 Å². The lowest BCUT2D eigenvalue weighted by Crippen LogP contribution is -2.30. The van der Waals surface area contributed by atoms with Crippen molar-refractivity contribution in [3.8, 4) is 56.4 Å². The molecule has 3 aliphatic rings. The van der Waals surface area contributed by atoms with E-state index in [4.69, 9.17) is 9.47 Å². The monoisotopic (exact) mass is 1150 g/mol. The Hall–Kier alpha value is -10.8. The van der Waals surface area contributed by atoms with E-state index in [1.54, 1.807) is 24.3 Å². The van der Waals surface area contributed by atoms with Gasteiger partial charge < -0.3 is 14.4 Å². The van der Waals surface area contributed by atoms with Crippen LogP contribution in [0.15, 0.2) is 274 Å². The molecule has 12 aromatic rings. The van der Waals surface area contributed by atoms with E-state index in [1.165, 1.54) is 17.7 Å². The van der Waals surface area contributed by atoms with Crippen molar-refractivity contribution in [1.29, 1.82) is 0 Å². The van der Waals surface area contributed by atoms with Crippen LogP contribution in [0, 0.1) is 23.3 Å². The van der Waals surface area contributed by atoms with Gasteiger partial charge in [0.1, 0.15) is 46.3 Å². The van der Waals surface area contributed by atoms with Gasteiger partial charge in [-0.15, -0.1) is 0 Å². The van der Waals surface area contributed by atoms with Crippen LogP contribution in [-0.2, 0) is 16.2 Å². The molecule has 0 bridgehead atoms. The summed E-state index contributed by atoms with van der Waals surface area (Å²) in [6.45, 7) is 12.3. The fourth-order valence-electron chi connectivity index (χ4n) is 14.5. The Morgan fingerprint density at radius 3 is 1.14 bits per heavy atom. The number of fused-ring (bicyclic) bond motifs is 9. The summed E-state index contributed by atoms with van der Waals surface area (Å²) < 4.78 is 78.4. The molecule has 3 nitrogen and oxygen atoms in total. The molecule has 424 valence electrons. The maximum atomic E-state index is 17.5. The molecule has 0 spiro atoms. The number of rotatable bonds is 13. The van der Waals surface area contributed by atoms with Gasteiger partial charge in [0.15, 0.2) is 0 Å². The molecule has 2 atom stereocenters. The zero-order chi connectivity index (χ0) is 60.1. The Bertz CT molecular complexity index is 4550. The van der Waals surface area contributed by atoms with Crippen LogP contribution in [0.5, 0.6) is 23.0 Å².